The Hall–Kier alpha value is -1.09. The second kappa shape index (κ2) is 7.55. The molecule has 3 heteroatoms. The average Bonchev–Trinajstić information content (AvgIpc) is 2.14. The second-order valence-corrected chi connectivity index (χ2v) is 2.49. The van der Waals surface area contributed by atoms with E-state index < -0.39 is 0 Å². The smallest absolute Gasteiger partial charge is 0.125 e. The molecular weight excluding hydrogens is 164 g/mol. The highest BCUT2D eigenvalue weighted by Gasteiger charge is 1.89. The molecule has 74 valence electrons. The van der Waals surface area contributed by atoms with Gasteiger partial charge in [0.15, 0.2) is 0 Å². The van der Waals surface area contributed by atoms with Crippen LogP contribution in [0.15, 0.2) is 24.4 Å². The van der Waals surface area contributed by atoms with Crippen LogP contribution < -0.4 is 5.32 Å². The minimum atomic E-state index is 0. The van der Waals surface area contributed by atoms with Crippen LogP contribution in [0, 0.1) is 0 Å². The molecule has 0 radical (unpaired) electrons. The maximum absolute atomic E-state index is 4.92. The van der Waals surface area contributed by atoms with E-state index in [4.69, 9.17) is 4.74 Å². The second-order valence-electron chi connectivity index (χ2n) is 2.49. The van der Waals surface area contributed by atoms with Gasteiger partial charge in [-0.15, -0.1) is 0 Å². The maximum Gasteiger partial charge on any atom is 0.125 e. The lowest BCUT2D eigenvalue weighted by molar-refractivity contribution is 0.198. The Labute approximate surface area is 80.1 Å². The summed E-state index contributed by atoms with van der Waals surface area (Å²) in [5.74, 6) is 0.925. The number of hydrogen-bond acceptors (Lipinski definition) is 3. The molecule has 0 saturated carbocycles. The molecule has 1 N–H and O–H groups in total. The first-order valence-corrected chi connectivity index (χ1v) is 4.07. The quantitative estimate of drug-likeness (QED) is 0.709. The van der Waals surface area contributed by atoms with Crippen molar-refractivity contribution in [1.82, 2.24) is 4.98 Å². The van der Waals surface area contributed by atoms with Crippen LogP contribution in [0.25, 0.3) is 0 Å². The highest BCUT2D eigenvalue weighted by atomic mass is 16.5. The number of nitrogens with zero attached hydrogens (tertiary/aromatic N) is 1. The molecular formula is C10H18N2O. The van der Waals surface area contributed by atoms with E-state index in [9.17, 15) is 0 Å². The monoisotopic (exact) mass is 182 g/mol. The molecule has 0 fully saturated rings. The summed E-state index contributed by atoms with van der Waals surface area (Å²) in [4.78, 5) is 4.12. The van der Waals surface area contributed by atoms with Gasteiger partial charge < -0.3 is 10.1 Å². The zero-order valence-corrected chi connectivity index (χ0v) is 7.29. The SMILES string of the molecule is C.COCCCNc1ccccn1. The minimum Gasteiger partial charge on any atom is -0.385 e. The highest BCUT2D eigenvalue weighted by Crippen LogP contribution is 1.98. The molecule has 0 spiro atoms. The van der Waals surface area contributed by atoms with Crippen LogP contribution in [0.1, 0.15) is 13.8 Å². The van der Waals surface area contributed by atoms with Crippen molar-refractivity contribution in [2.24, 2.45) is 0 Å². The van der Waals surface area contributed by atoms with Crippen molar-refractivity contribution >= 4 is 5.82 Å². The van der Waals surface area contributed by atoms with Crippen molar-refractivity contribution in [2.45, 2.75) is 13.8 Å². The molecule has 1 rings (SSSR count). The Kier molecular flexibility index (Phi) is 6.92. The summed E-state index contributed by atoms with van der Waals surface area (Å²) in [5, 5.41) is 3.19. The molecule has 1 aromatic rings. The Bertz CT molecular complexity index is 201. The van der Waals surface area contributed by atoms with Gasteiger partial charge in [0, 0.05) is 26.5 Å². The van der Waals surface area contributed by atoms with E-state index in [1.165, 1.54) is 0 Å². The number of pyridine rings is 1. The van der Waals surface area contributed by atoms with E-state index in [2.05, 4.69) is 10.3 Å². The summed E-state index contributed by atoms with van der Waals surface area (Å²) in [6, 6.07) is 5.82. The first kappa shape index (κ1) is 11.9. The Morgan fingerprint density at radius 2 is 2.31 bits per heavy atom. The summed E-state index contributed by atoms with van der Waals surface area (Å²) in [7, 11) is 1.71. The van der Waals surface area contributed by atoms with Crippen LogP contribution in [0.2, 0.25) is 0 Å². The average molecular weight is 182 g/mol. The van der Waals surface area contributed by atoms with Crippen molar-refractivity contribution in [3.8, 4) is 0 Å². The summed E-state index contributed by atoms with van der Waals surface area (Å²) < 4.78 is 4.92. The zero-order chi connectivity index (χ0) is 8.65. The number of anilines is 1. The van der Waals surface area contributed by atoms with Crippen molar-refractivity contribution in [3.05, 3.63) is 24.4 Å². The van der Waals surface area contributed by atoms with Gasteiger partial charge in [0.1, 0.15) is 5.82 Å². The van der Waals surface area contributed by atoms with Crippen LogP contribution in [0.3, 0.4) is 0 Å². The van der Waals surface area contributed by atoms with Crippen molar-refractivity contribution in [1.29, 1.82) is 0 Å². The molecule has 0 aliphatic heterocycles. The third kappa shape index (κ3) is 5.20. The molecule has 0 atom stereocenters. The normalized spacial score (nSPS) is 9.00. The first-order chi connectivity index (χ1) is 5.93. The van der Waals surface area contributed by atoms with Gasteiger partial charge in [0.25, 0.3) is 0 Å². The summed E-state index contributed by atoms with van der Waals surface area (Å²) in [6.07, 6.45) is 2.78. The Morgan fingerprint density at radius 3 is 2.92 bits per heavy atom. The van der Waals surface area contributed by atoms with Gasteiger partial charge in [0.05, 0.1) is 0 Å². The van der Waals surface area contributed by atoms with Gasteiger partial charge in [-0.2, -0.15) is 0 Å². The first-order valence-electron chi connectivity index (χ1n) is 4.07. The van der Waals surface area contributed by atoms with E-state index in [-0.39, 0.29) is 7.43 Å². The van der Waals surface area contributed by atoms with Crippen molar-refractivity contribution in [3.63, 3.8) is 0 Å². The van der Waals surface area contributed by atoms with Crippen LogP contribution in [-0.2, 0) is 4.74 Å². The largest absolute Gasteiger partial charge is 0.385 e. The third-order valence-electron chi connectivity index (χ3n) is 1.50. The Balaban J connectivity index is 0.00000144. The molecule has 13 heavy (non-hydrogen) atoms. The standard InChI is InChI=1S/C9H14N2O.CH4/c1-12-8-4-7-11-9-5-2-3-6-10-9;/h2-3,5-6H,4,7-8H2,1H3,(H,10,11);1H4. The molecule has 1 aromatic heterocycles. The Morgan fingerprint density at radius 1 is 1.46 bits per heavy atom. The van der Waals surface area contributed by atoms with Crippen LogP contribution in [-0.4, -0.2) is 25.2 Å². The number of rotatable bonds is 5. The van der Waals surface area contributed by atoms with E-state index in [1.807, 2.05) is 18.2 Å². The molecule has 0 aliphatic rings. The fourth-order valence-electron chi connectivity index (χ4n) is 0.900. The molecule has 0 unspecified atom stereocenters. The lowest BCUT2D eigenvalue weighted by Gasteiger charge is -2.03. The number of nitrogens with one attached hydrogen (secondary N) is 1. The van der Waals surface area contributed by atoms with Gasteiger partial charge in [-0.25, -0.2) is 4.98 Å². The zero-order valence-electron chi connectivity index (χ0n) is 7.29. The predicted molar refractivity (Wildman–Crippen MR) is 56.0 cm³/mol. The number of ether oxygens (including phenoxy) is 1. The third-order valence-corrected chi connectivity index (χ3v) is 1.50. The molecule has 0 aromatic carbocycles. The van der Waals surface area contributed by atoms with E-state index >= 15 is 0 Å². The number of hydrogen-bond donors (Lipinski definition) is 1. The summed E-state index contributed by atoms with van der Waals surface area (Å²) >= 11 is 0. The van der Waals surface area contributed by atoms with E-state index in [1.54, 1.807) is 13.3 Å². The van der Waals surface area contributed by atoms with Crippen molar-refractivity contribution in [2.75, 3.05) is 25.6 Å². The fourth-order valence-corrected chi connectivity index (χ4v) is 0.900. The lowest BCUT2D eigenvalue weighted by atomic mass is 10.4. The van der Waals surface area contributed by atoms with Gasteiger partial charge in [-0.3, -0.25) is 0 Å². The highest BCUT2D eigenvalue weighted by molar-refractivity contribution is 5.32. The molecule has 0 aliphatic carbocycles. The minimum absolute atomic E-state index is 0. The number of methoxy groups -OCH3 is 1. The van der Waals surface area contributed by atoms with Crippen LogP contribution >= 0.6 is 0 Å². The molecule has 0 saturated heterocycles. The van der Waals surface area contributed by atoms with Gasteiger partial charge in [-0.1, -0.05) is 13.5 Å². The van der Waals surface area contributed by atoms with E-state index in [0.717, 1.165) is 25.4 Å². The molecule has 0 amide bonds. The van der Waals surface area contributed by atoms with Crippen LogP contribution in [0.4, 0.5) is 5.82 Å². The molecule has 1 heterocycles. The predicted octanol–water partition coefficient (Wildman–Crippen LogP) is 2.17. The van der Waals surface area contributed by atoms with E-state index in [0.29, 0.717) is 0 Å². The summed E-state index contributed by atoms with van der Waals surface area (Å²) in [6.45, 7) is 1.70. The van der Waals surface area contributed by atoms with Gasteiger partial charge >= 0.3 is 0 Å². The summed E-state index contributed by atoms with van der Waals surface area (Å²) in [5.41, 5.74) is 0. The molecule has 0 bridgehead atoms. The molecule has 3 nitrogen and oxygen atoms in total. The number of aromatic nitrogens is 1. The van der Waals surface area contributed by atoms with Gasteiger partial charge in [-0.05, 0) is 18.6 Å². The maximum atomic E-state index is 4.92. The van der Waals surface area contributed by atoms with Crippen molar-refractivity contribution < 1.29 is 4.74 Å². The van der Waals surface area contributed by atoms with Gasteiger partial charge in [0.2, 0.25) is 0 Å². The fraction of sp³-hybridized carbons (Fsp3) is 0.500. The topological polar surface area (TPSA) is 34.1 Å². The van der Waals surface area contributed by atoms with Crippen LogP contribution in [0.5, 0.6) is 0 Å². The lowest BCUT2D eigenvalue weighted by Crippen LogP contribution is -2.05.